The summed E-state index contributed by atoms with van der Waals surface area (Å²) in [5.41, 5.74) is 2.46. The molecule has 2 N–H and O–H groups in total. The van der Waals surface area contributed by atoms with Crippen LogP contribution >= 0.6 is 7.14 Å². The van der Waals surface area contributed by atoms with E-state index in [9.17, 15) is 19.3 Å². The Kier molecular flexibility index (Phi) is 9.19. The van der Waals surface area contributed by atoms with E-state index in [-0.39, 0.29) is 5.91 Å². The van der Waals surface area contributed by atoms with E-state index in [4.69, 9.17) is 0 Å². The molecule has 0 fully saturated rings. The summed E-state index contributed by atoms with van der Waals surface area (Å²) < 4.78 is 14.6. The second-order valence-electron chi connectivity index (χ2n) is 8.96. The lowest BCUT2D eigenvalue weighted by molar-refractivity contribution is -0.116. The highest BCUT2D eigenvalue weighted by molar-refractivity contribution is 7.93. The van der Waals surface area contributed by atoms with Gasteiger partial charge in [-0.05, 0) is 55.5 Å². The molecule has 0 saturated heterocycles. The smallest absolute Gasteiger partial charge is 0.243 e. The van der Waals surface area contributed by atoms with Gasteiger partial charge in [0, 0.05) is 28.8 Å². The number of aliphatic hydroxyl groups is 1. The summed E-state index contributed by atoms with van der Waals surface area (Å²) in [5, 5.41) is 14.7. The lowest BCUT2D eigenvalue weighted by Gasteiger charge is -2.23. The standard InChI is InChI=1S/C30H34NO4P/c1-5-6-19-31-27(33)18-17-26(32)28-21(2)20-22(3)29(23(28)4)30(34)36(35,24-13-9-7-10-14-24)25-15-11-8-12-16-25/h7-18,20,26,32H,5-6,19H2,1-4H3,(H,31,33)/b18-17-. The second-order valence-corrected chi connectivity index (χ2v) is 11.6. The van der Waals surface area contributed by atoms with Crippen molar-refractivity contribution in [2.75, 3.05) is 6.54 Å². The Labute approximate surface area is 213 Å². The number of nitrogens with one attached hydrogen (secondary N) is 1. The van der Waals surface area contributed by atoms with Crippen molar-refractivity contribution in [3.8, 4) is 0 Å². The van der Waals surface area contributed by atoms with Crippen LogP contribution in [0.25, 0.3) is 0 Å². The molecule has 0 bridgehead atoms. The largest absolute Gasteiger partial charge is 0.384 e. The summed E-state index contributed by atoms with van der Waals surface area (Å²) in [6.45, 7) is 8.06. The molecule has 6 heteroatoms. The Morgan fingerprint density at radius 1 is 0.944 bits per heavy atom. The minimum atomic E-state index is -3.71. The van der Waals surface area contributed by atoms with Gasteiger partial charge in [0.25, 0.3) is 0 Å². The second kappa shape index (κ2) is 12.1. The molecule has 3 rings (SSSR count). The topological polar surface area (TPSA) is 83.5 Å². The molecule has 188 valence electrons. The monoisotopic (exact) mass is 503 g/mol. The molecule has 0 heterocycles. The first-order valence-corrected chi connectivity index (χ1v) is 13.9. The van der Waals surface area contributed by atoms with Gasteiger partial charge in [-0.2, -0.15) is 0 Å². The molecule has 0 aromatic heterocycles. The summed E-state index contributed by atoms with van der Waals surface area (Å²) in [7, 11) is -3.71. The summed E-state index contributed by atoms with van der Waals surface area (Å²) >= 11 is 0. The normalized spacial score (nSPS) is 12.5. The van der Waals surface area contributed by atoms with Crippen LogP contribution in [0.5, 0.6) is 0 Å². The third kappa shape index (κ3) is 5.75. The molecule has 0 aliphatic carbocycles. The molecule has 36 heavy (non-hydrogen) atoms. The molecule has 0 spiro atoms. The molecule has 0 saturated carbocycles. The lowest BCUT2D eigenvalue weighted by Crippen LogP contribution is -2.24. The highest BCUT2D eigenvalue weighted by Crippen LogP contribution is 2.48. The first-order chi connectivity index (χ1) is 17.2. The van der Waals surface area contributed by atoms with Gasteiger partial charge in [0.15, 0.2) is 0 Å². The number of aliphatic hydroxyl groups excluding tert-OH is 1. The summed E-state index contributed by atoms with van der Waals surface area (Å²) in [5.74, 6) is -0.279. The fraction of sp³-hybridized carbons (Fsp3) is 0.267. The van der Waals surface area contributed by atoms with Gasteiger partial charge in [0.1, 0.15) is 0 Å². The van der Waals surface area contributed by atoms with Crippen LogP contribution in [-0.2, 0) is 9.36 Å². The molecule has 1 unspecified atom stereocenters. The van der Waals surface area contributed by atoms with Gasteiger partial charge in [-0.3, -0.25) is 9.59 Å². The van der Waals surface area contributed by atoms with E-state index < -0.39 is 18.8 Å². The van der Waals surface area contributed by atoms with E-state index in [0.717, 1.165) is 18.4 Å². The van der Waals surface area contributed by atoms with Crippen LogP contribution in [0.2, 0.25) is 0 Å². The van der Waals surface area contributed by atoms with Crippen LogP contribution in [0, 0.1) is 20.8 Å². The minimum Gasteiger partial charge on any atom is -0.384 e. The summed E-state index contributed by atoms with van der Waals surface area (Å²) in [6, 6.07) is 19.5. The molecule has 3 aromatic rings. The van der Waals surface area contributed by atoms with Crippen molar-refractivity contribution < 1.29 is 19.3 Å². The molecular formula is C30H34NO4P. The third-order valence-corrected chi connectivity index (χ3v) is 9.17. The molecule has 3 aromatic carbocycles. The Balaban J connectivity index is 2.08. The first-order valence-electron chi connectivity index (χ1n) is 12.2. The zero-order valence-corrected chi connectivity index (χ0v) is 22.2. The van der Waals surface area contributed by atoms with Gasteiger partial charge in [-0.25, -0.2) is 0 Å². The van der Waals surface area contributed by atoms with Gasteiger partial charge in [0.2, 0.25) is 18.6 Å². The molecule has 0 aliphatic rings. The number of carbonyl (C=O) groups is 2. The number of unbranched alkanes of at least 4 members (excludes halogenated alkanes) is 1. The number of hydrogen-bond acceptors (Lipinski definition) is 4. The quantitative estimate of drug-likeness (QED) is 0.224. The Morgan fingerprint density at radius 2 is 1.50 bits per heavy atom. The molecule has 5 nitrogen and oxygen atoms in total. The van der Waals surface area contributed by atoms with Crippen molar-refractivity contribution in [1.82, 2.24) is 5.32 Å². The van der Waals surface area contributed by atoms with Crippen molar-refractivity contribution in [2.24, 2.45) is 0 Å². The summed E-state index contributed by atoms with van der Waals surface area (Å²) in [4.78, 5) is 26.3. The van der Waals surface area contributed by atoms with E-state index in [1.54, 1.807) is 55.5 Å². The van der Waals surface area contributed by atoms with Gasteiger partial charge in [0.05, 0.1) is 6.10 Å². The molecule has 0 aliphatic heterocycles. The molecular weight excluding hydrogens is 469 g/mol. The predicted octanol–water partition coefficient (Wildman–Crippen LogP) is 5.27. The average molecular weight is 504 g/mol. The Hall–Kier alpha value is -3.27. The van der Waals surface area contributed by atoms with Gasteiger partial charge in [-0.15, -0.1) is 0 Å². The lowest BCUT2D eigenvalue weighted by atomic mass is 9.90. The Morgan fingerprint density at radius 3 is 2.03 bits per heavy atom. The van der Waals surface area contributed by atoms with Gasteiger partial charge in [-0.1, -0.05) is 80.1 Å². The van der Waals surface area contributed by atoms with Crippen molar-refractivity contribution in [1.29, 1.82) is 0 Å². The number of hydrogen-bond donors (Lipinski definition) is 2. The molecule has 1 amide bonds. The zero-order chi connectivity index (χ0) is 26.3. The maximum atomic E-state index is 14.6. The van der Waals surface area contributed by atoms with E-state index in [1.807, 2.05) is 39.0 Å². The molecule has 1 atom stereocenters. The first kappa shape index (κ1) is 27.3. The Bertz CT molecular complexity index is 1260. The van der Waals surface area contributed by atoms with Gasteiger partial charge >= 0.3 is 0 Å². The number of carbonyl (C=O) groups excluding carboxylic acids is 2. The third-order valence-electron chi connectivity index (χ3n) is 6.33. The predicted molar refractivity (Wildman–Crippen MR) is 147 cm³/mol. The fourth-order valence-corrected chi connectivity index (χ4v) is 7.13. The van der Waals surface area contributed by atoms with E-state index in [2.05, 4.69) is 5.32 Å². The molecule has 0 radical (unpaired) electrons. The zero-order valence-electron chi connectivity index (χ0n) is 21.3. The van der Waals surface area contributed by atoms with Crippen molar-refractivity contribution >= 4 is 29.2 Å². The number of benzene rings is 3. The van der Waals surface area contributed by atoms with Crippen molar-refractivity contribution in [2.45, 2.75) is 46.6 Å². The minimum absolute atomic E-state index is 0.279. The van der Waals surface area contributed by atoms with Crippen molar-refractivity contribution in [3.05, 3.63) is 107 Å². The average Bonchev–Trinajstić information content (AvgIpc) is 2.87. The maximum Gasteiger partial charge on any atom is 0.243 e. The van der Waals surface area contributed by atoms with Gasteiger partial charge < -0.3 is 15.0 Å². The van der Waals surface area contributed by atoms with E-state index >= 15 is 0 Å². The number of aryl methyl sites for hydroxylation is 2. The number of amides is 1. The van der Waals surface area contributed by atoms with Crippen LogP contribution < -0.4 is 15.9 Å². The van der Waals surface area contributed by atoms with E-state index in [0.29, 0.717) is 39.4 Å². The summed E-state index contributed by atoms with van der Waals surface area (Å²) in [6.07, 6.45) is 3.50. The van der Waals surface area contributed by atoms with Crippen LogP contribution in [0.15, 0.2) is 78.9 Å². The number of rotatable bonds is 10. The van der Waals surface area contributed by atoms with E-state index in [1.165, 1.54) is 12.2 Å². The highest BCUT2D eigenvalue weighted by Gasteiger charge is 2.38. The fourth-order valence-electron chi connectivity index (χ4n) is 4.52. The van der Waals surface area contributed by atoms with Crippen molar-refractivity contribution in [3.63, 3.8) is 0 Å². The highest BCUT2D eigenvalue weighted by atomic mass is 31.2. The van der Waals surface area contributed by atoms with Crippen LogP contribution in [0.3, 0.4) is 0 Å². The van der Waals surface area contributed by atoms with Crippen LogP contribution in [-0.4, -0.2) is 23.1 Å². The maximum absolute atomic E-state index is 14.6. The SMILES string of the molecule is CCCCNC(=O)/C=C\C(O)c1c(C)cc(C)c(C(=O)P(=O)(c2ccccc2)c2ccccc2)c1C. The van der Waals surface area contributed by atoms with Crippen LogP contribution in [0.1, 0.15) is 58.5 Å². The van der Waals surface area contributed by atoms with Crippen LogP contribution in [0.4, 0.5) is 0 Å².